The van der Waals surface area contributed by atoms with Crippen molar-refractivity contribution in [2.75, 3.05) is 0 Å². The monoisotopic (exact) mass is 386 g/mol. The van der Waals surface area contributed by atoms with Crippen LogP contribution in [-0.2, 0) is 0 Å². The van der Waals surface area contributed by atoms with E-state index in [4.69, 9.17) is 23.2 Å². The Hall–Kier alpha value is -1.58. The van der Waals surface area contributed by atoms with E-state index in [0.717, 1.165) is 8.67 Å². The van der Waals surface area contributed by atoms with Gasteiger partial charge in [0.1, 0.15) is 0 Å². The lowest BCUT2D eigenvalue weighted by molar-refractivity contribution is 1.61. The Morgan fingerprint density at radius 1 is 0.417 bits per heavy atom. The Kier molecular flexibility index (Phi) is 4.47. The highest BCUT2D eigenvalue weighted by Crippen LogP contribution is 2.34. The summed E-state index contributed by atoms with van der Waals surface area (Å²) in [6.07, 6.45) is 0. The first kappa shape index (κ1) is 15.9. The van der Waals surface area contributed by atoms with Crippen molar-refractivity contribution in [3.63, 3.8) is 0 Å². The highest BCUT2D eigenvalue weighted by atomic mass is 35.5. The molecule has 0 unspecified atom stereocenters. The van der Waals surface area contributed by atoms with E-state index >= 15 is 0 Å². The van der Waals surface area contributed by atoms with Crippen molar-refractivity contribution in [3.8, 4) is 32.0 Å². The largest absolute Gasteiger partial charge is 0.123 e. The molecule has 0 fully saturated rings. The van der Waals surface area contributed by atoms with Crippen LogP contribution in [0.15, 0.2) is 72.8 Å². The highest BCUT2D eigenvalue weighted by Gasteiger charge is 2.05. The molecule has 0 aliphatic carbocycles. The van der Waals surface area contributed by atoms with Crippen LogP contribution < -0.4 is 0 Å². The zero-order valence-corrected chi connectivity index (χ0v) is 15.6. The number of hydrogen-bond donors (Lipinski definition) is 0. The van der Waals surface area contributed by atoms with Crippen LogP contribution in [0.1, 0.15) is 0 Å². The minimum Gasteiger partial charge on any atom is -0.123 e. The third-order valence-electron chi connectivity index (χ3n) is 3.82. The van der Waals surface area contributed by atoms with Crippen LogP contribution in [0.5, 0.6) is 0 Å². The summed E-state index contributed by atoms with van der Waals surface area (Å²) in [7, 11) is 0. The van der Waals surface area contributed by atoms with Crippen LogP contribution >= 0.6 is 45.9 Å². The van der Waals surface area contributed by atoms with Crippen LogP contribution in [0.2, 0.25) is 8.67 Å². The molecular formula is C20H12Cl2S2. The maximum absolute atomic E-state index is 6.02. The van der Waals surface area contributed by atoms with Gasteiger partial charge in [0, 0.05) is 9.75 Å². The van der Waals surface area contributed by atoms with Crippen molar-refractivity contribution >= 4 is 45.9 Å². The second kappa shape index (κ2) is 6.73. The average molecular weight is 387 g/mol. The van der Waals surface area contributed by atoms with Gasteiger partial charge in [-0.2, -0.15) is 0 Å². The molecular weight excluding hydrogens is 375 g/mol. The molecule has 0 radical (unpaired) electrons. The van der Waals surface area contributed by atoms with Gasteiger partial charge >= 0.3 is 0 Å². The highest BCUT2D eigenvalue weighted by molar-refractivity contribution is 7.19. The summed E-state index contributed by atoms with van der Waals surface area (Å²) in [5, 5.41) is 0. The Morgan fingerprint density at radius 2 is 0.750 bits per heavy atom. The van der Waals surface area contributed by atoms with Gasteiger partial charge in [-0.25, -0.2) is 0 Å². The van der Waals surface area contributed by atoms with Gasteiger partial charge in [0.2, 0.25) is 0 Å². The van der Waals surface area contributed by atoms with Gasteiger partial charge in [-0.3, -0.25) is 0 Å². The van der Waals surface area contributed by atoms with Crippen molar-refractivity contribution in [2.24, 2.45) is 0 Å². The molecule has 0 saturated carbocycles. The predicted molar refractivity (Wildman–Crippen MR) is 109 cm³/mol. The topological polar surface area (TPSA) is 0 Å². The predicted octanol–water partition coefficient (Wildman–Crippen LogP) is 8.12. The summed E-state index contributed by atoms with van der Waals surface area (Å²) >= 11 is 15.2. The third kappa shape index (κ3) is 3.28. The number of halogens is 2. The number of thiophene rings is 2. The van der Waals surface area contributed by atoms with Crippen LogP contribution in [0.3, 0.4) is 0 Å². The van der Waals surface area contributed by atoms with Gasteiger partial charge in [-0.15, -0.1) is 22.7 Å². The first-order chi connectivity index (χ1) is 11.7. The molecule has 118 valence electrons. The maximum atomic E-state index is 6.02. The Morgan fingerprint density at radius 3 is 1.04 bits per heavy atom. The summed E-state index contributed by atoms with van der Waals surface area (Å²) in [4.78, 5) is 2.38. The molecule has 0 aliphatic rings. The molecule has 0 atom stereocenters. The summed E-state index contributed by atoms with van der Waals surface area (Å²) in [6, 6.07) is 25.2. The zero-order valence-electron chi connectivity index (χ0n) is 12.5. The van der Waals surface area contributed by atoms with E-state index in [-0.39, 0.29) is 0 Å². The molecule has 0 bridgehead atoms. The lowest BCUT2D eigenvalue weighted by Gasteiger charge is -2.05. The minimum atomic E-state index is 0.818. The summed E-state index contributed by atoms with van der Waals surface area (Å²) in [6.45, 7) is 0. The molecule has 0 N–H and O–H groups in total. The average Bonchev–Trinajstić information content (AvgIpc) is 3.24. The normalized spacial score (nSPS) is 10.9. The fourth-order valence-corrected chi connectivity index (χ4v) is 4.69. The minimum absolute atomic E-state index is 0.818. The molecule has 24 heavy (non-hydrogen) atoms. The van der Waals surface area contributed by atoms with Crippen LogP contribution in [0.25, 0.3) is 32.0 Å². The molecule has 4 heteroatoms. The molecule has 0 amide bonds. The molecule has 0 nitrogen and oxygen atoms in total. The molecule has 0 spiro atoms. The number of benzene rings is 2. The fourth-order valence-electron chi connectivity index (χ4n) is 2.59. The quantitative estimate of drug-likeness (QED) is 0.333. The van der Waals surface area contributed by atoms with Crippen molar-refractivity contribution in [2.45, 2.75) is 0 Å². The second-order valence-corrected chi connectivity index (χ2v) is 8.79. The van der Waals surface area contributed by atoms with E-state index in [0.29, 0.717) is 0 Å². The Balaban J connectivity index is 1.59. The molecule has 4 aromatic rings. The van der Waals surface area contributed by atoms with Gasteiger partial charge in [0.15, 0.2) is 0 Å². The summed E-state index contributed by atoms with van der Waals surface area (Å²) in [5.74, 6) is 0. The molecule has 0 aliphatic heterocycles. The standard InChI is InChI=1S/C20H12Cl2S2/c21-19-11-9-17(23-19)15-5-1-13(2-6-15)14-3-7-16(8-4-14)18-10-12-20(22)24-18/h1-12H. The first-order valence-electron chi connectivity index (χ1n) is 7.41. The molecule has 2 heterocycles. The SMILES string of the molecule is Clc1ccc(-c2ccc(-c3ccc(-c4ccc(Cl)s4)cc3)cc2)s1. The van der Waals surface area contributed by atoms with Crippen molar-refractivity contribution < 1.29 is 0 Å². The van der Waals surface area contributed by atoms with Crippen molar-refractivity contribution in [1.82, 2.24) is 0 Å². The summed E-state index contributed by atoms with van der Waals surface area (Å²) < 4.78 is 1.64. The van der Waals surface area contributed by atoms with Gasteiger partial charge < -0.3 is 0 Å². The summed E-state index contributed by atoms with van der Waals surface area (Å²) in [5.41, 5.74) is 4.80. The molecule has 2 aromatic heterocycles. The number of rotatable bonds is 3. The third-order valence-corrected chi connectivity index (χ3v) is 6.38. The van der Waals surface area contributed by atoms with E-state index in [2.05, 4.69) is 60.7 Å². The Labute approximate surface area is 158 Å². The molecule has 4 rings (SSSR count). The van der Waals surface area contributed by atoms with Crippen LogP contribution in [0.4, 0.5) is 0 Å². The van der Waals surface area contributed by atoms with E-state index in [1.54, 1.807) is 22.7 Å². The van der Waals surface area contributed by atoms with E-state index in [9.17, 15) is 0 Å². The lowest BCUT2D eigenvalue weighted by Crippen LogP contribution is -1.79. The Bertz CT molecular complexity index is 882. The maximum Gasteiger partial charge on any atom is 0.0934 e. The van der Waals surface area contributed by atoms with Gasteiger partial charge in [-0.05, 0) is 46.5 Å². The zero-order chi connectivity index (χ0) is 16.5. The van der Waals surface area contributed by atoms with Gasteiger partial charge in [0.05, 0.1) is 8.67 Å². The van der Waals surface area contributed by atoms with E-state index in [1.165, 1.54) is 32.0 Å². The molecule has 2 aromatic carbocycles. The van der Waals surface area contributed by atoms with Crippen molar-refractivity contribution in [3.05, 3.63) is 81.5 Å². The van der Waals surface area contributed by atoms with Crippen LogP contribution in [0, 0.1) is 0 Å². The van der Waals surface area contributed by atoms with Crippen molar-refractivity contribution in [1.29, 1.82) is 0 Å². The van der Waals surface area contributed by atoms with Crippen LogP contribution in [-0.4, -0.2) is 0 Å². The van der Waals surface area contributed by atoms with Gasteiger partial charge in [-0.1, -0.05) is 71.7 Å². The van der Waals surface area contributed by atoms with Gasteiger partial charge in [0.25, 0.3) is 0 Å². The first-order valence-corrected chi connectivity index (χ1v) is 9.80. The second-order valence-electron chi connectivity index (χ2n) is 5.36. The fraction of sp³-hybridized carbons (Fsp3) is 0. The van der Waals surface area contributed by atoms with E-state index in [1.807, 2.05) is 12.1 Å². The molecule has 0 saturated heterocycles. The number of hydrogen-bond acceptors (Lipinski definition) is 2. The smallest absolute Gasteiger partial charge is 0.0934 e. The lowest BCUT2D eigenvalue weighted by atomic mass is 10.0. The van der Waals surface area contributed by atoms with E-state index < -0.39 is 0 Å².